The average Bonchev–Trinajstić information content (AvgIpc) is 3.03. The van der Waals surface area contributed by atoms with Crippen molar-refractivity contribution in [1.29, 1.82) is 0 Å². The summed E-state index contributed by atoms with van der Waals surface area (Å²) in [5.74, 6) is 3.82. The SMILES string of the molecule is CC1CCC(Nc2cc(N)nc(C3CC3)n2)C1. The Morgan fingerprint density at radius 1 is 1.24 bits per heavy atom. The maximum Gasteiger partial charge on any atom is 0.136 e. The van der Waals surface area contributed by atoms with Crippen molar-refractivity contribution < 1.29 is 0 Å². The Morgan fingerprint density at radius 2 is 2.06 bits per heavy atom. The molecule has 0 saturated heterocycles. The number of nitrogens with two attached hydrogens (primary N) is 1. The van der Waals surface area contributed by atoms with Crippen LogP contribution < -0.4 is 11.1 Å². The third-order valence-corrected chi connectivity index (χ3v) is 3.75. The first kappa shape index (κ1) is 10.8. The van der Waals surface area contributed by atoms with Gasteiger partial charge in [0.25, 0.3) is 0 Å². The van der Waals surface area contributed by atoms with E-state index in [2.05, 4.69) is 22.2 Å². The third-order valence-electron chi connectivity index (χ3n) is 3.75. The van der Waals surface area contributed by atoms with Gasteiger partial charge in [0.2, 0.25) is 0 Å². The predicted octanol–water partition coefficient (Wildman–Crippen LogP) is 2.54. The van der Waals surface area contributed by atoms with Crippen LogP contribution in [0.15, 0.2) is 6.07 Å². The topological polar surface area (TPSA) is 63.8 Å². The van der Waals surface area contributed by atoms with Crippen LogP contribution in [0.2, 0.25) is 0 Å². The van der Waals surface area contributed by atoms with Crippen molar-refractivity contribution in [2.45, 2.75) is 51.0 Å². The van der Waals surface area contributed by atoms with E-state index in [9.17, 15) is 0 Å². The van der Waals surface area contributed by atoms with Crippen LogP contribution in [0.3, 0.4) is 0 Å². The van der Waals surface area contributed by atoms with Gasteiger partial charge in [-0.05, 0) is 38.0 Å². The molecule has 2 aliphatic rings. The van der Waals surface area contributed by atoms with E-state index in [-0.39, 0.29) is 0 Å². The first-order valence-corrected chi connectivity index (χ1v) is 6.61. The summed E-state index contributed by atoms with van der Waals surface area (Å²) in [6.45, 7) is 2.31. The largest absolute Gasteiger partial charge is 0.384 e. The number of nitrogens with one attached hydrogen (secondary N) is 1. The maximum absolute atomic E-state index is 5.84. The second-order valence-corrected chi connectivity index (χ2v) is 5.57. The summed E-state index contributed by atoms with van der Waals surface area (Å²) in [4.78, 5) is 8.89. The van der Waals surface area contributed by atoms with Gasteiger partial charge in [-0.25, -0.2) is 9.97 Å². The zero-order chi connectivity index (χ0) is 11.8. The van der Waals surface area contributed by atoms with Crippen LogP contribution in [-0.2, 0) is 0 Å². The molecule has 3 rings (SSSR count). The fraction of sp³-hybridized carbons (Fsp3) is 0.692. The predicted molar refractivity (Wildman–Crippen MR) is 68.8 cm³/mol. The monoisotopic (exact) mass is 232 g/mol. The molecule has 3 N–H and O–H groups in total. The van der Waals surface area contributed by atoms with Gasteiger partial charge < -0.3 is 11.1 Å². The molecule has 2 aliphatic carbocycles. The summed E-state index contributed by atoms with van der Waals surface area (Å²) in [6, 6.07) is 2.42. The maximum atomic E-state index is 5.84. The van der Waals surface area contributed by atoms with Crippen LogP contribution in [0, 0.1) is 5.92 Å². The van der Waals surface area contributed by atoms with Crippen LogP contribution in [-0.4, -0.2) is 16.0 Å². The van der Waals surface area contributed by atoms with E-state index < -0.39 is 0 Å². The molecule has 0 amide bonds. The second kappa shape index (κ2) is 4.17. The lowest BCUT2D eigenvalue weighted by atomic mass is 10.1. The van der Waals surface area contributed by atoms with Crippen molar-refractivity contribution in [2.75, 3.05) is 11.1 Å². The molecule has 17 heavy (non-hydrogen) atoms. The molecule has 2 unspecified atom stereocenters. The van der Waals surface area contributed by atoms with Crippen molar-refractivity contribution in [3.8, 4) is 0 Å². The van der Waals surface area contributed by atoms with Crippen molar-refractivity contribution in [1.82, 2.24) is 9.97 Å². The van der Waals surface area contributed by atoms with Gasteiger partial charge in [-0.3, -0.25) is 0 Å². The normalized spacial score (nSPS) is 28.3. The first-order valence-electron chi connectivity index (χ1n) is 6.61. The second-order valence-electron chi connectivity index (χ2n) is 5.57. The number of nitrogen functional groups attached to an aromatic ring is 1. The van der Waals surface area contributed by atoms with Gasteiger partial charge in [-0.15, -0.1) is 0 Å². The molecule has 1 aromatic heterocycles. The molecule has 2 fully saturated rings. The molecule has 0 spiro atoms. The van der Waals surface area contributed by atoms with Crippen molar-refractivity contribution in [3.05, 3.63) is 11.9 Å². The van der Waals surface area contributed by atoms with Crippen LogP contribution in [0.25, 0.3) is 0 Å². The highest BCUT2D eigenvalue weighted by molar-refractivity contribution is 5.46. The first-order chi connectivity index (χ1) is 8.20. The standard InChI is InChI=1S/C13H20N4/c1-8-2-5-10(6-8)15-12-7-11(14)16-13(17-12)9-3-4-9/h7-10H,2-6H2,1H3,(H3,14,15,16,17). The van der Waals surface area contributed by atoms with Gasteiger partial charge in [0.15, 0.2) is 0 Å². The van der Waals surface area contributed by atoms with Gasteiger partial charge >= 0.3 is 0 Å². The van der Waals surface area contributed by atoms with E-state index in [1.54, 1.807) is 0 Å². The molecule has 2 saturated carbocycles. The fourth-order valence-electron chi connectivity index (χ4n) is 2.63. The van der Waals surface area contributed by atoms with Gasteiger partial charge in [0, 0.05) is 18.0 Å². The fourth-order valence-corrected chi connectivity index (χ4v) is 2.63. The highest BCUT2D eigenvalue weighted by atomic mass is 15.1. The number of anilines is 2. The molecule has 0 aliphatic heterocycles. The molecule has 4 nitrogen and oxygen atoms in total. The highest BCUT2D eigenvalue weighted by Crippen LogP contribution is 2.38. The van der Waals surface area contributed by atoms with Crippen molar-refractivity contribution >= 4 is 11.6 Å². The van der Waals surface area contributed by atoms with Crippen LogP contribution in [0.4, 0.5) is 11.6 Å². The van der Waals surface area contributed by atoms with Gasteiger partial charge in [0.05, 0.1) is 0 Å². The molecular formula is C13H20N4. The molecule has 0 bridgehead atoms. The van der Waals surface area contributed by atoms with Crippen molar-refractivity contribution in [2.24, 2.45) is 5.92 Å². The van der Waals surface area contributed by atoms with Crippen molar-refractivity contribution in [3.63, 3.8) is 0 Å². The summed E-state index contributed by atoms with van der Waals surface area (Å²) in [7, 11) is 0. The minimum Gasteiger partial charge on any atom is -0.384 e. The minimum absolute atomic E-state index is 0.557. The van der Waals surface area contributed by atoms with Crippen LogP contribution in [0.5, 0.6) is 0 Å². The number of nitrogens with zero attached hydrogens (tertiary/aromatic N) is 2. The molecular weight excluding hydrogens is 212 g/mol. The van der Waals surface area contributed by atoms with Gasteiger partial charge in [0.1, 0.15) is 17.5 Å². The van der Waals surface area contributed by atoms with E-state index in [1.807, 2.05) is 6.07 Å². The van der Waals surface area contributed by atoms with Gasteiger partial charge in [-0.1, -0.05) is 6.92 Å². The lowest BCUT2D eigenvalue weighted by molar-refractivity contribution is 0.602. The summed E-state index contributed by atoms with van der Waals surface area (Å²) in [5, 5.41) is 3.50. The number of aromatic nitrogens is 2. The zero-order valence-corrected chi connectivity index (χ0v) is 10.3. The van der Waals surface area contributed by atoms with Crippen LogP contribution >= 0.6 is 0 Å². The molecule has 92 valence electrons. The van der Waals surface area contributed by atoms with Crippen LogP contribution in [0.1, 0.15) is 50.8 Å². The lowest BCUT2D eigenvalue weighted by Gasteiger charge is -2.14. The molecule has 1 aromatic rings. The summed E-state index contributed by atoms with van der Waals surface area (Å²) in [6.07, 6.45) is 6.22. The zero-order valence-electron chi connectivity index (χ0n) is 10.3. The molecule has 4 heteroatoms. The summed E-state index contributed by atoms with van der Waals surface area (Å²) < 4.78 is 0. The Kier molecular flexibility index (Phi) is 2.65. The Balaban J connectivity index is 1.73. The Labute approximate surface area is 102 Å². The molecule has 0 radical (unpaired) electrons. The summed E-state index contributed by atoms with van der Waals surface area (Å²) in [5.41, 5.74) is 5.84. The van der Waals surface area contributed by atoms with E-state index in [4.69, 9.17) is 5.73 Å². The Bertz CT molecular complexity index is 414. The van der Waals surface area contributed by atoms with E-state index >= 15 is 0 Å². The molecule has 2 atom stereocenters. The van der Waals surface area contributed by atoms with E-state index in [1.165, 1.54) is 32.1 Å². The number of rotatable bonds is 3. The summed E-state index contributed by atoms with van der Waals surface area (Å²) >= 11 is 0. The highest BCUT2D eigenvalue weighted by Gasteiger charge is 2.28. The molecule has 0 aromatic carbocycles. The average molecular weight is 232 g/mol. The van der Waals surface area contributed by atoms with E-state index in [0.717, 1.165) is 17.6 Å². The molecule has 1 heterocycles. The number of hydrogen-bond donors (Lipinski definition) is 2. The quantitative estimate of drug-likeness (QED) is 0.840. The third kappa shape index (κ3) is 2.51. The van der Waals surface area contributed by atoms with Gasteiger partial charge in [-0.2, -0.15) is 0 Å². The number of hydrogen-bond acceptors (Lipinski definition) is 4. The Hall–Kier alpha value is -1.32. The minimum atomic E-state index is 0.557. The lowest BCUT2D eigenvalue weighted by Crippen LogP contribution is -2.17. The van der Waals surface area contributed by atoms with E-state index in [0.29, 0.717) is 17.8 Å². The Morgan fingerprint density at radius 3 is 2.71 bits per heavy atom. The smallest absolute Gasteiger partial charge is 0.136 e.